The van der Waals surface area contributed by atoms with Crippen LogP contribution in [0.15, 0.2) is 22.7 Å². The zero-order valence-corrected chi connectivity index (χ0v) is 19.0. The number of carbonyl (C=O) groups excluding carboxylic acids is 2. The third-order valence-corrected chi connectivity index (χ3v) is 6.44. The van der Waals surface area contributed by atoms with Gasteiger partial charge in [-0.3, -0.25) is 4.79 Å². The fraction of sp³-hybridized carbons (Fsp3) is 0.636. The molecule has 160 valence electrons. The van der Waals surface area contributed by atoms with E-state index in [-0.39, 0.29) is 18.0 Å². The van der Waals surface area contributed by atoms with Gasteiger partial charge >= 0.3 is 6.03 Å². The number of halogens is 1. The fourth-order valence-electron chi connectivity index (χ4n) is 4.10. The highest BCUT2D eigenvalue weighted by Gasteiger charge is 2.28. The number of nitrogens with one attached hydrogen (secondary N) is 2. The maximum Gasteiger partial charge on any atom is 0.315 e. The maximum atomic E-state index is 12.8. The molecule has 1 aliphatic carbocycles. The monoisotopic (exact) mass is 465 g/mol. The van der Waals surface area contributed by atoms with E-state index in [0.29, 0.717) is 24.9 Å². The quantitative estimate of drug-likeness (QED) is 0.685. The van der Waals surface area contributed by atoms with Gasteiger partial charge in [-0.2, -0.15) is 0 Å². The Hall–Kier alpha value is -1.76. The summed E-state index contributed by atoms with van der Waals surface area (Å²) in [6.45, 7) is 5.07. The molecule has 1 aromatic rings. The number of hydrogen-bond donors (Lipinski definition) is 2. The van der Waals surface area contributed by atoms with Gasteiger partial charge in [0.25, 0.3) is 5.91 Å². The summed E-state index contributed by atoms with van der Waals surface area (Å²) in [4.78, 5) is 26.8. The summed E-state index contributed by atoms with van der Waals surface area (Å²) in [5.74, 6) is 0.662. The van der Waals surface area contributed by atoms with E-state index in [1.54, 1.807) is 6.92 Å². The molecule has 0 spiro atoms. The molecule has 29 heavy (non-hydrogen) atoms. The fourth-order valence-corrected chi connectivity index (χ4v) is 4.69. The Labute approximate surface area is 181 Å². The zero-order valence-electron chi connectivity index (χ0n) is 17.4. The van der Waals surface area contributed by atoms with Crippen molar-refractivity contribution in [2.24, 2.45) is 0 Å². The number of urea groups is 1. The normalized spacial score (nSPS) is 19.5. The Kier molecular flexibility index (Phi) is 7.81. The average molecular weight is 466 g/mol. The van der Waals surface area contributed by atoms with Gasteiger partial charge < -0.3 is 20.3 Å². The van der Waals surface area contributed by atoms with E-state index in [1.807, 2.05) is 30.0 Å². The number of piperidine rings is 1. The molecule has 1 unspecified atom stereocenters. The summed E-state index contributed by atoms with van der Waals surface area (Å²) >= 11 is 3.49. The summed E-state index contributed by atoms with van der Waals surface area (Å²) in [5.41, 5.74) is 1.13. The molecule has 1 atom stereocenters. The maximum absolute atomic E-state index is 12.8. The Bertz CT molecular complexity index is 713. The Morgan fingerprint density at radius 3 is 2.31 bits per heavy atom. The van der Waals surface area contributed by atoms with Crippen molar-refractivity contribution in [1.82, 2.24) is 15.5 Å². The average Bonchev–Trinajstić information content (AvgIpc) is 2.70. The molecule has 1 saturated carbocycles. The van der Waals surface area contributed by atoms with Gasteiger partial charge in [-0.25, -0.2) is 4.79 Å². The molecule has 1 saturated heterocycles. The van der Waals surface area contributed by atoms with E-state index in [0.717, 1.165) is 35.7 Å². The highest BCUT2D eigenvalue weighted by molar-refractivity contribution is 9.10. The van der Waals surface area contributed by atoms with Crippen LogP contribution in [-0.2, 0) is 4.79 Å². The predicted octanol–water partition coefficient (Wildman–Crippen LogP) is 4.15. The van der Waals surface area contributed by atoms with E-state index >= 15 is 0 Å². The smallest absolute Gasteiger partial charge is 0.315 e. The van der Waals surface area contributed by atoms with Crippen LogP contribution in [0.1, 0.15) is 57.4 Å². The van der Waals surface area contributed by atoms with Gasteiger partial charge in [-0.1, -0.05) is 25.3 Å². The molecule has 1 aromatic carbocycles. The summed E-state index contributed by atoms with van der Waals surface area (Å²) in [6.07, 6.45) is 6.82. The molecule has 1 aliphatic heterocycles. The van der Waals surface area contributed by atoms with Gasteiger partial charge in [0.2, 0.25) is 0 Å². The number of nitrogens with zero attached hydrogens (tertiary/aromatic N) is 1. The third kappa shape index (κ3) is 6.36. The number of ether oxygens (including phenoxy) is 1. The third-order valence-electron chi connectivity index (χ3n) is 5.82. The van der Waals surface area contributed by atoms with Gasteiger partial charge in [-0.05, 0) is 73.2 Å². The van der Waals surface area contributed by atoms with Crippen molar-refractivity contribution in [3.05, 3.63) is 28.2 Å². The Morgan fingerprint density at radius 2 is 1.69 bits per heavy atom. The minimum Gasteiger partial charge on any atom is -0.480 e. The van der Waals surface area contributed by atoms with Gasteiger partial charge in [-0.15, -0.1) is 0 Å². The molecular formula is C22H32BrN3O3. The minimum atomic E-state index is -0.548. The van der Waals surface area contributed by atoms with Gasteiger partial charge in [0.05, 0.1) is 4.47 Å². The first-order chi connectivity index (χ1) is 13.9. The van der Waals surface area contributed by atoms with Crippen LogP contribution >= 0.6 is 15.9 Å². The van der Waals surface area contributed by atoms with Crippen molar-refractivity contribution in [3.8, 4) is 5.75 Å². The second-order valence-electron chi connectivity index (χ2n) is 8.25. The lowest BCUT2D eigenvalue weighted by Crippen LogP contribution is -2.52. The summed E-state index contributed by atoms with van der Waals surface area (Å²) < 4.78 is 6.72. The number of benzene rings is 1. The second-order valence-corrected chi connectivity index (χ2v) is 9.10. The van der Waals surface area contributed by atoms with Crippen molar-refractivity contribution in [3.63, 3.8) is 0 Å². The zero-order chi connectivity index (χ0) is 20.8. The molecule has 0 bridgehead atoms. The molecule has 2 fully saturated rings. The van der Waals surface area contributed by atoms with Gasteiger partial charge in [0.15, 0.2) is 6.10 Å². The van der Waals surface area contributed by atoms with E-state index < -0.39 is 6.10 Å². The van der Waals surface area contributed by atoms with Crippen LogP contribution in [0.25, 0.3) is 0 Å². The topological polar surface area (TPSA) is 70.7 Å². The molecule has 1 heterocycles. The van der Waals surface area contributed by atoms with Crippen LogP contribution in [0, 0.1) is 6.92 Å². The highest BCUT2D eigenvalue weighted by Crippen LogP contribution is 2.27. The molecule has 7 heteroatoms. The van der Waals surface area contributed by atoms with Crippen LogP contribution in [-0.4, -0.2) is 48.1 Å². The number of likely N-dealkylation sites (tertiary alicyclic amines) is 1. The first-order valence-electron chi connectivity index (χ1n) is 10.7. The first kappa shape index (κ1) is 21.9. The van der Waals surface area contributed by atoms with Crippen LogP contribution in [0.3, 0.4) is 0 Å². The molecule has 0 aromatic heterocycles. The van der Waals surface area contributed by atoms with Crippen molar-refractivity contribution < 1.29 is 14.3 Å². The van der Waals surface area contributed by atoms with Gasteiger partial charge in [0, 0.05) is 25.2 Å². The predicted molar refractivity (Wildman–Crippen MR) is 117 cm³/mol. The summed E-state index contributed by atoms with van der Waals surface area (Å²) in [6, 6.07) is 6.18. The number of amides is 3. The van der Waals surface area contributed by atoms with Crippen molar-refractivity contribution in [2.75, 3.05) is 13.1 Å². The Balaban J connectivity index is 1.42. The highest BCUT2D eigenvalue weighted by atomic mass is 79.9. The number of carbonyl (C=O) groups is 2. The second kappa shape index (κ2) is 10.3. The molecular weight excluding hydrogens is 434 g/mol. The lowest BCUT2D eigenvalue weighted by molar-refractivity contribution is -0.139. The van der Waals surface area contributed by atoms with E-state index in [1.165, 1.54) is 19.3 Å². The minimum absolute atomic E-state index is 0.0115. The SMILES string of the molecule is Cc1ccc(OC(C)C(=O)N2CCC(NC(=O)NC3CCCCC3)CC2)c(Br)c1. The molecule has 6 nitrogen and oxygen atoms in total. The van der Waals surface area contributed by atoms with Crippen molar-refractivity contribution in [1.29, 1.82) is 0 Å². The Morgan fingerprint density at radius 1 is 1.07 bits per heavy atom. The standard InChI is InChI=1S/C22H32BrN3O3/c1-15-8-9-20(19(23)14-15)29-16(2)21(27)26-12-10-18(11-13-26)25-22(28)24-17-6-4-3-5-7-17/h8-9,14,16-18H,3-7,10-13H2,1-2H3,(H2,24,25,28). The van der Waals surface area contributed by atoms with Crippen molar-refractivity contribution >= 4 is 27.9 Å². The largest absolute Gasteiger partial charge is 0.480 e. The summed E-state index contributed by atoms with van der Waals surface area (Å²) in [5, 5.41) is 6.18. The molecule has 2 N–H and O–H groups in total. The van der Waals surface area contributed by atoms with Crippen LogP contribution in [0.2, 0.25) is 0 Å². The first-order valence-corrected chi connectivity index (χ1v) is 11.5. The number of rotatable bonds is 5. The molecule has 2 aliphatic rings. The summed E-state index contributed by atoms with van der Waals surface area (Å²) in [7, 11) is 0. The van der Waals surface area contributed by atoms with E-state index in [2.05, 4.69) is 26.6 Å². The number of hydrogen-bond acceptors (Lipinski definition) is 3. The number of aryl methyl sites for hydroxylation is 1. The van der Waals surface area contributed by atoms with Crippen LogP contribution < -0.4 is 15.4 Å². The molecule has 0 radical (unpaired) electrons. The van der Waals surface area contributed by atoms with Crippen molar-refractivity contribution in [2.45, 2.75) is 77.0 Å². The molecule has 3 rings (SSSR count). The van der Waals surface area contributed by atoms with Crippen LogP contribution in [0.4, 0.5) is 4.79 Å². The van der Waals surface area contributed by atoms with Crippen LogP contribution in [0.5, 0.6) is 5.75 Å². The van der Waals surface area contributed by atoms with Gasteiger partial charge in [0.1, 0.15) is 5.75 Å². The van der Waals surface area contributed by atoms with E-state index in [4.69, 9.17) is 4.74 Å². The molecule has 3 amide bonds. The lowest BCUT2D eigenvalue weighted by atomic mass is 9.96. The lowest BCUT2D eigenvalue weighted by Gasteiger charge is -2.34. The van der Waals surface area contributed by atoms with E-state index in [9.17, 15) is 9.59 Å².